The topological polar surface area (TPSA) is 35.2 Å². The van der Waals surface area contributed by atoms with Crippen molar-refractivity contribution in [2.45, 2.75) is 31.7 Å². The first-order chi connectivity index (χ1) is 9.78. The molecular weight excluding hydrogens is 246 g/mol. The molecule has 0 aliphatic carbocycles. The van der Waals surface area contributed by atoms with Crippen molar-refractivity contribution in [3.05, 3.63) is 65.7 Å². The number of rotatable bonds is 7. The molecule has 2 nitrogen and oxygen atoms in total. The van der Waals surface area contributed by atoms with Gasteiger partial charge in [-0.3, -0.25) is 0 Å². The fourth-order valence-corrected chi connectivity index (χ4v) is 2.38. The van der Waals surface area contributed by atoms with Gasteiger partial charge in [-0.05, 0) is 48.9 Å². The fourth-order valence-electron chi connectivity index (χ4n) is 2.38. The van der Waals surface area contributed by atoms with Crippen LogP contribution in [-0.2, 0) is 12.8 Å². The van der Waals surface area contributed by atoms with E-state index in [1.165, 1.54) is 11.1 Å². The molecule has 0 aliphatic heterocycles. The van der Waals surface area contributed by atoms with Gasteiger partial charge >= 0.3 is 0 Å². The molecule has 0 fully saturated rings. The maximum Gasteiger partial charge on any atom is 0.118 e. The highest BCUT2D eigenvalue weighted by Crippen LogP contribution is 2.14. The molecular formula is C18H23NO. The SMILES string of the molecule is COc1ccc(CCC[C@@H](N)Cc2ccccc2)cc1. The van der Waals surface area contributed by atoms with Crippen molar-refractivity contribution in [3.63, 3.8) is 0 Å². The first-order valence-electron chi connectivity index (χ1n) is 7.20. The predicted octanol–water partition coefficient (Wildman–Crippen LogP) is 3.59. The van der Waals surface area contributed by atoms with E-state index in [9.17, 15) is 0 Å². The average molecular weight is 269 g/mol. The third-order valence-electron chi connectivity index (χ3n) is 3.54. The molecule has 0 aromatic heterocycles. The van der Waals surface area contributed by atoms with Gasteiger partial charge in [0.15, 0.2) is 0 Å². The van der Waals surface area contributed by atoms with Crippen LogP contribution in [0.2, 0.25) is 0 Å². The molecule has 2 rings (SSSR count). The molecule has 0 radical (unpaired) electrons. The van der Waals surface area contributed by atoms with Crippen molar-refractivity contribution in [2.75, 3.05) is 7.11 Å². The van der Waals surface area contributed by atoms with Gasteiger partial charge in [0.2, 0.25) is 0 Å². The molecule has 0 saturated heterocycles. The smallest absolute Gasteiger partial charge is 0.118 e. The maximum atomic E-state index is 6.20. The van der Waals surface area contributed by atoms with Gasteiger partial charge in [-0.1, -0.05) is 42.5 Å². The molecule has 2 N–H and O–H groups in total. The first kappa shape index (κ1) is 14.6. The number of nitrogens with two attached hydrogens (primary N) is 1. The number of methoxy groups -OCH3 is 1. The number of hydrogen-bond donors (Lipinski definition) is 1. The van der Waals surface area contributed by atoms with Crippen LogP contribution in [0.1, 0.15) is 24.0 Å². The summed E-state index contributed by atoms with van der Waals surface area (Å²) in [6.07, 6.45) is 4.22. The Morgan fingerprint density at radius 1 is 0.950 bits per heavy atom. The van der Waals surface area contributed by atoms with E-state index in [0.717, 1.165) is 31.4 Å². The predicted molar refractivity (Wildman–Crippen MR) is 84.1 cm³/mol. The van der Waals surface area contributed by atoms with Crippen molar-refractivity contribution >= 4 is 0 Å². The van der Waals surface area contributed by atoms with Crippen LogP contribution in [-0.4, -0.2) is 13.2 Å². The summed E-state index contributed by atoms with van der Waals surface area (Å²) in [6.45, 7) is 0. The summed E-state index contributed by atoms with van der Waals surface area (Å²) < 4.78 is 5.16. The molecule has 1 atom stereocenters. The third-order valence-corrected chi connectivity index (χ3v) is 3.54. The van der Waals surface area contributed by atoms with E-state index in [-0.39, 0.29) is 6.04 Å². The Morgan fingerprint density at radius 2 is 1.65 bits per heavy atom. The normalized spacial score (nSPS) is 12.1. The highest BCUT2D eigenvalue weighted by molar-refractivity contribution is 5.27. The second kappa shape index (κ2) is 7.71. The van der Waals surface area contributed by atoms with Crippen LogP contribution in [0, 0.1) is 0 Å². The van der Waals surface area contributed by atoms with E-state index in [0.29, 0.717) is 0 Å². The Labute approximate surface area is 121 Å². The lowest BCUT2D eigenvalue weighted by atomic mass is 10.00. The Hall–Kier alpha value is -1.80. The summed E-state index contributed by atoms with van der Waals surface area (Å²) in [5, 5.41) is 0. The lowest BCUT2D eigenvalue weighted by molar-refractivity contribution is 0.414. The molecule has 0 bridgehead atoms. The number of ether oxygens (including phenoxy) is 1. The zero-order chi connectivity index (χ0) is 14.2. The van der Waals surface area contributed by atoms with Crippen LogP contribution >= 0.6 is 0 Å². The highest BCUT2D eigenvalue weighted by Gasteiger charge is 2.04. The van der Waals surface area contributed by atoms with Crippen LogP contribution < -0.4 is 10.5 Å². The minimum Gasteiger partial charge on any atom is -0.497 e. The van der Waals surface area contributed by atoms with Crippen molar-refractivity contribution in [1.29, 1.82) is 0 Å². The monoisotopic (exact) mass is 269 g/mol. The zero-order valence-corrected chi connectivity index (χ0v) is 12.1. The second-order valence-corrected chi connectivity index (χ2v) is 5.19. The van der Waals surface area contributed by atoms with Gasteiger partial charge in [0.25, 0.3) is 0 Å². The molecule has 0 amide bonds. The van der Waals surface area contributed by atoms with Gasteiger partial charge in [0.05, 0.1) is 7.11 Å². The summed E-state index contributed by atoms with van der Waals surface area (Å²) in [7, 11) is 1.69. The summed E-state index contributed by atoms with van der Waals surface area (Å²) in [5.74, 6) is 0.912. The fraction of sp³-hybridized carbons (Fsp3) is 0.333. The van der Waals surface area contributed by atoms with Gasteiger partial charge in [0, 0.05) is 6.04 Å². The van der Waals surface area contributed by atoms with Gasteiger partial charge in [0.1, 0.15) is 5.75 Å². The van der Waals surface area contributed by atoms with Gasteiger partial charge in [-0.15, -0.1) is 0 Å². The van der Waals surface area contributed by atoms with Gasteiger partial charge in [-0.2, -0.15) is 0 Å². The summed E-state index contributed by atoms with van der Waals surface area (Å²) in [6, 6.07) is 19.0. The Balaban J connectivity index is 1.72. The minimum absolute atomic E-state index is 0.246. The Bertz CT molecular complexity index is 493. The van der Waals surface area contributed by atoms with E-state index < -0.39 is 0 Å². The molecule has 20 heavy (non-hydrogen) atoms. The van der Waals surface area contributed by atoms with E-state index in [2.05, 4.69) is 36.4 Å². The maximum absolute atomic E-state index is 6.20. The van der Waals surface area contributed by atoms with Crippen LogP contribution in [0.4, 0.5) is 0 Å². The van der Waals surface area contributed by atoms with Crippen molar-refractivity contribution in [3.8, 4) is 5.75 Å². The molecule has 0 saturated carbocycles. The minimum atomic E-state index is 0.246. The van der Waals surface area contributed by atoms with E-state index in [1.807, 2.05) is 18.2 Å². The van der Waals surface area contributed by atoms with Crippen LogP contribution in [0.15, 0.2) is 54.6 Å². The van der Waals surface area contributed by atoms with Gasteiger partial charge in [-0.25, -0.2) is 0 Å². The van der Waals surface area contributed by atoms with Crippen molar-refractivity contribution in [1.82, 2.24) is 0 Å². The van der Waals surface area contributed by atoms with Crippen molar-refractivity contribution in [2.24, 2.45) is 5.73 Å². The highest BCUT2D eigenvalue weighted by atomic mass is 16.5. The first-order valence-corrected chi connectivity index (χ1v) is 7.20. The molecule has 2 heteroatoms. The zero-order valence-electron chi connectivity index (χ0n) is 12.1. The Morgan fingerprint density at radius 3 is 2.30 bits per heavy atom. The van der Waals surface area contributed by atoms with Crippen molar-refractivity contribution < 1.29 is 4.74 Å². The molecule has 0 spiro atoms. The van der Waals surface area contributed by atoms with Crippen LogP contribution in [0.25, 0.3) is 0 Å². The number of benzene rings is 2. The lowest BCUT2D eigenvalue weighted by Crippen LogP contribution is -2.22. The van der Waals surface area contributed by atoms with E-state index in [4.69, 9.17) is 10.5 Å². The number of hydrogen-bond acceptors (Lipinski definition) is 2. The summed E-state index contributed by atoms with van der Waals surface area (Å²) >= 11 is 0. The molecule has 0 heterocycles. The average Bonchev–Trinajstić information content (AvgIpc) is 2.49. The van der Waals surface area contributed by atoms with Gasteiger partial charge < -0.3 is 10.5 Å². The summed E-state index contributed by atoms with van der Waals surface area (Å²) in [4.78, 5) is 0. The van der Waals surface area contributed by atoms with Crippen LogP contribution in [0.5, 0.6) is 5.75 Å². The Kier molecular flexibility index (Phi) is 5.63. The largest absolute Gasteiger partial charge is 0.497 e. The lowest BCUT2D eigenvalue weighted by Gasteiger charge is -2.11. The number of aryl methyl sites for hydroxylation is 1. The van der Waals surface area contributed by atoms with E-state index >= 15 is 0 Å². The molecule has 2 aromatic carbocycles. The van der Waals surface area contributed by atoms with Crippen LogP contribution in [0.3, 0.4) is 0 Å². The molecule has 0 unspecified atom stereocenters. The second-order valence-electron chi connectivity index (χ2n) is 5.19. The standard InChI is InChI=1S/C18H23NO/c1-20-18-12-10-15(11-13-18)8-5-9-17(19)14-16-6-3-2-4-7-16/h2-4,6-7,10-13,17H,5,8-9,14,19H2,1H3/t17-/m1/s1. The molecule has 106 valence electrons. The summed E-state index contributed by atoms with van der Waals surface area (Å²) in [5.41, 5.74) is 8.86. The molecule has 2 aromatic rings. The third kappa shape index (κ3) is 4.71. The molecule has 0 aliphatic rings. The quantitative estimate of drug-likeness (QED) is 0.833. The van der Waals surface area contributed by atoms with E-state index in [1.54, 1.807) is 7.11 Å².